The van der Waals surface area contributed by atoms with Crippen LogP contribution in [0.1, 0.15) is 47.2 Å². The Balaban J connectivity index is 1.15. The van der Waals surface area contributed by atoms with Crippen molar-refractivity contribution in [2.75, 3.05) is 17.7 Å². The zero-order valence-corrected chi connectivity index (χ0v) is 24.1. The lowest BCUT2D eigenvalue weighted by Gasteiger charge is -2.15. The third-order valence-electron chi connectivity index (χ3n) is 6.41. The van der Waals surface area contributed by atoms with Gasteiger partial charge < -0.3 is 20.6 Å². The standard InChI is InChI=1S/C30H35N7O3S/c1-21(38)37(2)20-24-12-8-11-23(17-24)19-28(40)32-30-36-35-29(41-30)14-7-6-13-25-15-16-26(34-33-25)31-27(39)18-22-9-4-3-5-10-22/h3-5,8-12,15-17,27,39H,6-7,13-14,18-20H2,1-2H3,(H,31,34)(H,32,36,40). The lowest BCUT2D eigenvalue weighted by atomic mass is 10.1. The summed E-state index contributed by atoms with van der Waals surface area (Å²) < 4.78 is 0. The fourth-order valence-electron chi connectivity index (χ4n) is 4.19. The molecule has 0 fully saturated rings. The molecule has 10 nitrogen and oxygen atoms in total. The molecular weight excluding hydrogens is 538 g/mol. The summed E-state index contributed by atoms with van der Waals surface area (Å²) in [4.78, 5) is 25.7. The van der Waals surface area contributed by atoms with Crippen molar-refractivity contribution in [3.8, 4) is 0 Å². The number of amides is 2. The first-order chi connectivity index (χ1) is 19.8. The lowest BCUT2D eigenvalue weighted by Crippen LogP contribution is -2.23. The monoisotopic (exact) mass is 573 g/mol. The molecule has 4 rings (SSSR count). The first kappa shape index (κ1) is 29.8. The Hall–Kier alpha value is -4.22. The summed E-state index contributed by atoms with van der Waals surface area (Å²) in [5, 5.41) is 34.2. The van der Waals surface area contributed by atoms with Crippen LogP contribution in [0.4, 0.5) is 10.9 Å². The van der Waals surface area contributed by atoms with Gasteiger partial charge in [-0.1, -0.05) is 65.9 Å². The van der Waals surface area contributed by atoms with Crippen LogP contribution in [0.15, 0.2) is 66.7 Å². The number of anilines is 2. The minimum absolute atomic E-state index is 0.00709. The van der Waals surface area contributed by atoms with E-state index in [-0.39, 0.29) is 18.2 Å². The number of aromatic nitrogens is 4. The number of benzene rings is 2. The van der Waals surface area contributed by atoms with Gasteiger partial charge in [-0.3, -0.25) is 9.59 Å². The average Bonchev–Trinajstić information content (AvgIpc) is 3.39. The van der Waals surface area contributed by atoms with Crippen LogP contribution in [0.2, 0.25) is 0 Å². The van der Waals surface area contributed by atoms with Crippen molar-refractivity contribution in [1.82, 2.24) is 25.3 Å². The summed E-state index contributed by atoms with van der Waals surface area (Å²) in [6.45, 7) is 2.03. The molecule has 0 aliphatic rings. The maximum atomic E-state index is 12.5. The maximum absolute atomic E-state index is 12.5. The van der Waals surface area contributed by atoms with E-state index in [9.17, 15) is 14.7 Å². The van der Waals surface area contributed by atoms with E-state index < -0.39 is 6.23 Å². The van der Waals surface area contributed by atoms with Crippen molar-refractivity contribution in [2.24, 2.45) is 0 Å². The van der Waals surface area contributed by atoms with Crippen LogP contribution in [-0.2, 0) is 41.8 Å². The highest BCUT2D eigenvalue weighted by molar-refractivity contribution is 7.15. The molecular formula is C30H35N7O3S. The molecule has 2 aromatic heterocycles. The molecule has 0 aliphatic carbocycles. The lowest BCUT2D eigenvalue weighted by molar-refractivity contribution is -0.128. The number of rotatable bonds is 14. The summed E-state index contributed by atoms with van der Waals surface area (Å²) in [5.41, 5.74) is 3.77. The first-order valence-corrected chi connectivity index (χ1v) is 14.4. The molecule has 11 heteroatoms. The van der Waals surface area contributed by atoms with Crippen LogP contribution in [0.25, 0.3) is 0 Å². The molecule has 0 saturated heterocycles. The molecule has 0 bridgehead atoms. The van der Waals surface area contributed by atoms with Gasteiger partial charge in [0.1, 0.15) is 11.2 Å². The summed E-state index contributed by atoms with van der Waals surface area (Å²) in [6, 6.07) is 21.2. The normalized spacial score (nSPS) is 11.6. The van der Waals surface area contributed by atoms with Gasteiger partial charge in [-0.05, 0) is 48.1 Å². The smallest absolute Gasteiger partial charge is 0.230 e. The highest BCUT2D eigenvalue weighted by Crippen LogP contribution is 2.19. The minimum Gasteiger partial charge on any atom is -0.373 e. The Morgan fingerprint density at radius 1 is 0.902 bits per heavy atom. The fraction of sp³-hybridized carbons (Fsp3) is 0.333. The van der Waals surface area contributed by atoms with E-state index in [0.29, 0.717) is 23.9 Å². The number of nitrogens with zero attached hydrogens (tertiary/aromatic N) is 5. The predicted molar refractivity (Wildman–Crippen MR) is 159 cm³/mol. The van der Waals surface area contributed by atoms with Crippen molar-refractivity contribution in [1.29, 1.82) is 0 Å². The predicted octanol–water partition coefficient (Wildman–Crippen LogP) is 4.03. The minimum atomic E-state index is -0.740. The number of nitrogens with one attached hydrogen (secondary N) is 2. The van der Waals surface area contributed by atoms with Gasteiger partial charge in [0.05, 0.1) is 12.1 Å². The Bertz CT molecular complexity index is 1410. The SMILES string of the molecule is CC(=O)N(C)Cc1cccc(CC(=O)Nc2nnc(CCCCc3ccc(NC(O)Cc4ccccc4)nn3)s2)c1. The summed E-state index contributed by atoms with van der Waals surface area (Å²) >= 11 is 1.38. The summed E-state index contributed by atoms with van der Waals surface area (Å²) in [5.74, 6) is 0.370. The van der Waals surface area contributed by atoms with Crippen LogP contribution >= 0.6 is 11.3 Å². The molecule has 4 aromatic rings. The van der Waals surface area contributed by atoms with Crippen LogP contribution < -0.4 is 10.6 Å². The van der Waals surface area contributed by atoms with E-state index in [1.54, 1.807) is 11.9 Å². The third kappa shape index (κ3) is 10.0. The van der Waals surface area contributed by atoms with Gasteiger partial charge in [-0.15, -0.1) is 15.3 Å². The van der Waals surface area contributed by atoms with Crippen molar-refractivity contribution in [3.05, 3.63) is 94.1 Å². The quantitative estimate of drug-likeness (QED) is 0.152. The van der Waals surface area contributed by atoms with Crippen molar-refractivity contribution < 1.29 is 14.7 Å². The van der Waals surface area contributed by atoms with Gasteiger partial charge >= 0.3 is 0 Å². The van der Waals surface area contributed by atoms with E-state index in [1.807, 2.05) is 66.7 Å². The number of carbonyl (C=O) groups is 2. The third-order valence-corrected chi connectivity index (χ3v) is 7.30. The largest absolute Gasteiger partial charge is 0.373 e. The second-order valence-electron chi connectivity index (χ2n) is 9.89. The van der Waals surface area contributed by atoms with Crippen molar-refractivity contribution in [2.45, 2.75) is 58.2 Å². The number of hydrogen-bond acceptors (Lipinski definition) is 9. The molecule has 2 heterocycles. The molecule has 1 unspecified atom stereocenters. The van der Waals surface area contributed by atoms with E-state index in [0.717, 1.165) is 53.1 Å². The highest BCUT2D eigenvalue weighted by atomic mass is 32.1. The van der Waals surface area contributed by atoms with E-state index in [4.69, 9.17) is 0 Å². The summed E-state index contributed by atoms with van der Waals surface area (Å²) in [7, 11) is 1.75. The van der Waals surface area contributed by atoms with Crippen molar-refractivity contribution in [3.63, 3.8) is 0 Å². The van der Waals surface area contributed by atoms with Crippen LogP contribution in [0.3, 0.4) is 0 Å². The van der Waals surface area contributed by atoms with E-state index in [1.165, 1.54) is 18.3 Å². The number of carbonyl (C=O) groups excluding carboxylic acids is 2. The zero-order chi connectivity index (χ0) is 29.0. The Morgan fingerprint density at radius 3 is 2.41 bits per heavy atom. The number of aliphatic hydroxyl groups is 1. The van der Waals surface area contributed by atoms with Gasteiger partial charge in [0.2, 0.25) is 16.9 Å². The number of aliphatic hydroxyl groups excluding tert-OH is 1. The fourth-order valence-corrected chi connectivity index (χ4v) is 4.99. The second kappa shape index (κ2) is 15.0. The number of hydrogen-bond donors (Lipinski definition) is 3. The topological polar surface area (TPSA) is 133 Å². The molecule has 3 N–H and O–H groups in total. The Labute approximate surface area is 243 Å². The average molecular weight is 574 g/mol. The van der Waals surface area contributed by atoms with Gasteiger partial charge in [0.15, 0.2) is 5.82 Å². The van der Waals surface area contributed by atoms with E-state index >= 15 is 0 Å². The second-order valence-corrected chi connectivity index (χ2v) is 10.9. The molecule has 2 aromatic carbocycles. The number of aryl methyl sites for hydroxylation is 2. The maximum Gasteiger partial charge on any atom is 0.230 e. The van der Waals surface area contributed by atoms with Gasteiger partial charge in [-0.2, -0.15) is 5.10 Å². The molecule has 0 spiro atoms. The van der Waals surface area contributed by atoms with Crippen LogP contribution in [0, 0.1) is 0 Å². The van der Waals surface area contributed by atoms with E-state index in [2.05, 4.69) is 31.0 Å². The Kier molecular flexibility index (Phi) is 10.9. The van der Waals surface area contributed by atoms with Gasteiger partial charge in [0, 0.05) is 33.4 Å². The zero-order valence-electron chi connectivity index (χ0n) is 23.3. The highest BCUT2D eigenvalue weighted by Gasteiger charge is 2.11. The van der Waals surface area contributed by atoms with Crippen molar-refractivity contribution >= 4 is 34.1 Å². The molecule has 1 atom stereocenters. The molecule has 0 aliphatic heterocycles. The molecule has 0 saturated carbocycles. The van der Waals surface area contributed by atoms with Crippen LogP contribution in [-0.4, -0.2) is 55.5 Å². The van der Waals surface area contributed by atoms with Gasteiger partial charge in [-0.25, -0.2) is 0 Å². The molecule has 0 radical (unpaired) electrons. The summed E-state index contributed by atoms with van der Waals surface area (Å²) in [6.07, 6.45) is 3.32. The van der Waals surface area contributed by atoms with Gasteiger partial charge in [0.25, 0.3) is 0 Å². The van der Waals surface area contributed by atoms with Crippen LogP contribution in [0.5, 0.6) is 0 Å². The molecule has 41 heavy (non-hydrogen) atoms. The number of unbranched alkanes of at least 4 members (excludes halogenated alkanes) is 1. The Morgan fingerprint density at radius 2 is 1.66 bits per heavy atom. The molecule has 2 amide bonds. The first-order valence-electron chi connectivity index (χ1n) is 13.6. The molecule has 214 valence electrons.